The standard InChI is InChI=1S/C14H21N3O/c1-3-17(11-8-9-11)14(18)10-16(2)13-7-5-4-6-12(13)15/h4-7,11H,3,8-10,15H2,1-2H3. The molecule has 1 aliphatic carbocycles. The van der Waals surface area contributed by atoms with Gasteiger partial charge in [-0.2, -0.15) is 0 Å². The van der Waals surface area contributed by atoms with Crippen molar-refractivity contribution in [3.63, 3.8) is 0 Å². The van der Waals surface area contributed by atoms with E-state index in [9.17, 15) is 4.79 Å². The minimum Gasteiger partial charge on any atom is -0.397 e. The van der Waals surface area contributed by atoms with Crippen molar-refractivity contribution in [1.82, 2.24) is 4.90 Å². The molecule has 0 aromatic heterocycles. The van der Waals surface area contributed by atoms with E-state index in [0.29, 0.717) is 18.3 Å². The van der Waals surface area contributed by atoms with E-state index in [1.54, 1.807) is 0 Å². The van der Waals surface area contributed by atoms with Crippen molar-refractivity contribution in [1.29, 1.82) is 0 Å². The first-order valence-electron chi connectivity index (χ1n) is 6.48. The molecule has 4 heteroatoms. The number of benzene rings is 1. The van der Waals surface area contributed by atoms with Gasteiger partial charge < -0.3 is 15.5 Å². The molecule has 0 bridgehead atoms. The Morgan fingerprint density at radius 2 is 2.06 bits per heavy atom. The number of hydrogen-bond acceptors (Lipinski definition) is 3. The average Bonchev–Trinajstić information content (AvgIpc) is 3.15. The number of carbonyl (C=O) groups excluding carboxylic acids is 1. The Labute approximate surface area is 108 Å². The van der Waals surface area contributed by atoms with Gasteiger partial charge in [0.15, 0.2) is 0 Å². The highest BCUT2D eigenvalue weighted by atomic mass is 16.2. The Kier molecular flexibility index (Phi) is 3.75. The van der Waals surface area contributed by atoms with Gasteiger partial charge in [0.25, 0.3) is 0 Å². The van der Waals surface area contributed by atoms with Crippen molar-refractivity contribution in [3.05, 3.63) is 24.3 Å². The number of para-hydroxylation sites is 2. The Balaban J connectivity index is 2.00. The van der Waals surface area contributed by atoms with Crippen LogP contribution >= 0.6 is 0 Å². The van der Waals surface area contributed by atoms with Crippen LogP contribution in [0, 0.1) is 0 Å². The lowest BCUT2D eigenvalue weighted by Crippen LogP contribution is -2.40. The largest absolute Gasteiger partial charge is 0.397 e. The third-order valence-electron chi connectivity index (χ3n) is 3.37. The molecule has 1 aromatic rings. The summed E-state index contributed by atoms with van der Waals surface area (Å²) in [6.07, 6.45) is 2.30. The lowest BCUT2D eigenvalue weighted by atomic mass is 10.2. The van der Waals surface area contributed by atoms with E-state index in [1.807, 2.05) is 48.0 Å². The van der Waals surface area contributed by atoms with E-state index < -0.39 is 0 Å². The summed E-state index contributed by atoms with van der Waals surface area (Å²) in [6.45, 7) is 3.22. The maximum atomic E-state index is 12.2. The SMILES string of the molecule is CCN(C(=O)CN(C)c1ccccc1N)C1CC1. The van der Waals surface area contributed by atoms with Crippen LogP contribution in [0.25, 0.3) is 0 Å². The lowest BCUT2D eigenvalue weighted by Gasteiger charge is -2.26. The molecule has 0 radical (unpaired) electrons. The van der Waals surface area contributed by atoms with E-state index in [0.717, 1.165) is 25.1 Å². The zero-order valence-electron chi connectivity index (χ0n) is 11.1. The van der Waals surface area contributed by atoms with Crippen LogP contribution < -0.4 is 10.6 Å². The van der Waals surface area contributed by atoms with E-state index in [-0.39, 0.29) is 5.91 Å². The van der Waals surface area contributed by atoms with Crippen LogP contribution in [-0.2, 0) is 4.79 Å². The summed E-state index contributed by atoms with van der Waals surface area (Å²) in [6, 6.07) is 8.11. The number of hydrogen-bond donors (Lipinski definition) is 1. The number of carbonyl (C=O) groups is 1. The van der Waals surface area contributed by atoms with Gasteiger partial charge in [-0.1, -0.05) is 12.1 Å². The van der Waals surface area contributed by atoms with Crippen molar-refractivity contribution in [2.24, 2.45) is 0 Å². The third kappa shape index (κ3) is 2.75. The summed E-state index contributed by atoms with van der Waals surface area (Å²) >= 11 is 0. The van der Waals surface area contributed by atoms with E-state index in [2.05, 4.69) is 0 Å². The van der Waals surface area contributed by atoms with E-state index in [4.69, 9.17) is 5.73 Å². The van der Waals surface area contributed by atoms with Crippen LogP contribution in [0.5, 0.6) is 0 Å². The van der Waals surface area contributed by atoms with Crippen molar-refractivity contribution in [2.75, 3.05) is 30.8 Å². The molecule has 1 amide bonds. The minimum atomic E-state index is 0.186. The van der Waals surface area contributed by atoms with E-state index in [1.165, 1.54) is 0 Å². The monoisotopic (exact) mass is 247 g/mol. The Morgan fingerprint density at radius 1 is 1.39 bits per heavy atom. The molecule has 0 atom stereocenters. The molecule has 1 aliphatic rings. The first kappa shape index (κ1) is 12.7. The van der Waals surface area contributed by atoms with Gasteiger partial charge in [-0.25, -0.2) is 0 Å². The number of likely N-dealkylation sites (N-methyl/N-ethyl adjacent to an activating group) is 2. The molecule has 2 N–H and O–H groups in total. The van der Waals surface area contributed by atoms with Gasteiger partial charge >= 0.3 is 0 Å². The zero-order valence-corrected chi connectivity index (χ0v) is 11.1. The summed E-state index contributed by atoms with van der Waals surface area (Å²) in [7, 11) is 1.91. The number of nitrogens with two attached hydrogens (primary N) is 1. The summed E-state index contributed by atoms with van der Waals surface area (Å²) in [5.41, 5.74) is 7.54. The first-order chi connectivity index (χ1) is 8.63. The van der Waals surface area contributed by atoms with Crippen molar-refractivity contribution in [3.8, 4) is 0 Å². The number of rotatable bonds is 5. The topological polar surface area (TPSA) is 49.6 Å². The second kappa shape index (κ2) is 5.29. The fourth-order valence-electron chi connectivity index (χ4n) is 2.24. The molecule has 4 nitrogen and oxygen atoms in total. The van der Waals surface area contributed by atoms with Gasteiger partial charge in [-0.15, -0.1) is 0 Å². The second-order valence-corrected chi connectivity index (χ2v) is 4.83. The summed E-state index contributed by atoms with van der Waals surface area (Å²) in [5.74, 6) is 0.186. The highest BCUT2D eigenvalue weighted by Gasteiger charge is 2.31. The smallest absolute Gasteiger partial charge is 0.242 e. The zero-order chi connectivity index (χ0) is 13.1. The van der Waals surface area contributed by atoms with Crippen LogP contribution in [0.3, 0.4) is 0 Å². The quantitative estimate of drug-likeness (QED) is 0.806. The van der Waals surface area contributed by atoms with Gasteiger partial charge in [-0.3, -0.25) is 4.79 Å². The molecule has 1 fully saturated rings. The van der Waals surface area contributed by atoms with Gasteiger partial charge in [-0.05, 0) is 31.9 Å². The van der Waals surface area contributed by atoms with Gasteiger partial charge in [0.1, 0.15) is 0 Å². The fourth-order valence-corrected chi connectivity index (χ4v) is 2.24. The Morgan fingerprint density at radius 3 is 2.61 bits per heavy atom. The molecule has 0 spiro atoms. The average molecular weight is 247 g/mol. The molecule has 1 saturated carbocycles. The number of amides is 1. The highest BCUT2D eigenvalue weighted by Crippen LogP contribution is 2.27. The minimum absolute atomic E-state index is 0.186. The van der Waals surface area contributed by atoms with E-state index >= 15 is 0 Å². The molecular weight excluding hydrogens is 226 g/mol. The number of anilines is 2. The highest BCUT2D eigenvalue weighted by molar-refractivity contribution is 5.83. The van der Waals surface area contributed by atoms with Crippen molar-refractivity contribution < 1.29 is 4.79 Å². The van der Waals surface area contributed by atoms with Gasteiger partial charge in [0, 0.05) is 19.6 Å². The predicted octanol–water partition coefficient (Wildman–Crippen LogP) is 1.72. The Bertz CT molecular complexity index is 429. The van der Waals surface area contributed by atoms with Crippen LogP contribution in [0.2, 0.25) is 0 Å². The summed E-state index contributed by atoms with van der Waals surface area (Å²) in [4.78, 5) is 16.1. The molecule has 0 unspecified atom stereocenters. The van der Waals surface area contributed by atoms with Crippen LogP contribution in [0.4, 0.5) is 11.4 Å². The second-order valence-electron chi connectivity index (χ2n) is 4.83. The Hall–Kier alpha value is -1.71. The van der Waals surface area contributed by atoms with Gasteiger partial charge in [0.2, 0.25) is 5.91 Å². The first-order valence-corrected chi connectivity index (χ1v) is 6.48. The van der Waals surface area contributed by atoms with Gasteiger partial charge in [0.05, 0.1) is 17.9 Å². The summed E-state index contributed by atoms with van der Waals surface area (Å²) in [5, 5.41) is 0. The van der Waals surface area contributed by atoms with Crippen LogP contribution in [-0.4, -0.2) is 37.0 Å². The maximum Gasteiger partial charge on any atom is 0.242 e. The molecular formula is C14H21N3O. The third-order valence-corrected chi connectivity index (χ3v) is 3.37. The van der Waals surface area contributed by atoms with Crippen LogP contribution in [0.15, 0.2) is 24.3 Å². The normalized spacial score (nSPS) is 14.3. The van der Waals surface area contributed by atoms with Crippen molar-refractivity contribution in [2.45, 2.75) is 25.8 Å². The molecule has 2 rings (SSSR count). The maximum absolute atomic E-state index is 12.2. The number of nitrogen functional groups attached to an aromatic ring is 1. The lowest BCUT2D eigenvalue weighted by molar-refractivity contribution is -0.130. The van der Waals surface area contributed by atoms with Crippen LogP contribution in [0.1, 0.15) is 19.8 Å². The number of nitrogens with zero attached hydrogens (tertiary/aromatic N) is 2. The molecule has 1 aromatic carbocycles. The molecule has 0 heterocycles. The fraction of sp³-hybridized carbons (Fsp3) is 0.500. The molecule has 18 heavy (non-hydrogen) atoms. The predicted molar refractivity (Wildman–Crippen MR) is 74.5 cm³/mol. The van der Waals surface area contributed by atoms with Crippen molar-refractivity contribution >= 4 is 17.3 Å². The summed E-state index contributed by atoms with van der Waals surface area (Å²) < 4.78 is 0. The molecule has 98 valence electrons. The molecule has 0 aliphatic heterocycles. The molecule has 0 saturated heterocycles.